The summed E-state index contributed by atoms with van der Waals surface area (Å²) in [5.41, 5.74) is 0.421. The fraction of sp³-hybridized carbons (Fsp3) is 0.647. The third-order valence-electron chi connectivity index (χ3n) is 4.21. The standard InChI is InChI=1S/C17H27NO3/c1-4-17(19,5-2)12-21-15-9-6-13(10-16(15)20-3)11-18-14-7-8-14/h6,9-10,14,18-19H,4-5,7-8,11-12H2,1-3H3. The lowest BCUT2D eigenvalue weighted by molar-refractivity contribution is -0.0119. The number of benzene rings is 1. The lowest BCUT2D eigenvalue weighted by atomic mass is 9.99. The predicted octanol–water partition coefficient (Wildman–Crippen LogP) is 2.88. The van der Waals surface area contributed by atoms with Gasteiger partial charge in [0.1, 0.15) is 6.61 Å². The molecule has 1 fully saturated rings. The smallest absolute Gasteiger partial charge is 0.161 e. The monoisotopic (exact) mass is 293 g/mol. The SMILES string of the molecule is CCC(O)(CC)COc1ccc(CNC2CC2)cc1OC. The Hall–Kier alpha value is -1.26. The predicted molar refractivity (Wildman–Crippen MR) is 83.9 cm³/mol. The Balaban J connectivity index is 1.98. The third-order valence-corrected chi connectivity index (χ3v) is 4.21. The van der Waals surface area contributed by atoms with E-state index in [0.29, 0.717) is 24.6 Å². The molecule has 0 saturated heterocycles. The molecule has 0 heterocycles. The van der Waals surface area contributed by atoms with E-state index in [-0.39, 0.29) is 6.61 Å². The van der Waals surface area contributed by atoms with Crippen molar-refractivity contribution < 1.29 is 14.6 Å². The summed E-state index contributed by atoms with van der Waals surface area (Å²) in [5.74, 6) is 1.41. The third kappa shape index (κ3) is 4.61. The van der Waals surface area contributed by atoms with Crippen molar-refractivity contribution in [2.24, 2.45) is 0 Å². The summed E-state index contributed by atoms with van der Waals surface area (Å²) in [6, 6.07) is 6.66. The van der Waals surface area contributed by atoms with Crippen molar-refractivity contribution in [3.63, 3.8) is 0 Å². The maximum Gasteiger partial charge on any atom is 0.161 e. The summed E-state index contributed by atoms with van der Waals surface area (Å²) < 4.78 is 11.2. The average molecular weight is 293 g/mol. The van der Waals surface area contributed by atoms with Crippen LogP contribution >= 0.6 is 0 Å². The van der Waals surface area contributed by atoms with Crippen molar-refractivity contribution in [1.82, 2.24) is 5.32 Å². The highest BCUT2D eigenvalue weighted by Crippen LogP contribution is 2.30. The van der Waals surface area contributed by atoms with Crippen molar-refractivity contribution in [3.05, 3.63) is 23.8 Å². The first-order valence-corrected chi connectivity index (χ1v) is 7.85. The van der Waals surface area contributed by atoms with Crippen LogP contribution in [0.3, 0.4) is 0 Å². The molecule has 118 valence electrons. The van der Waals surface area contributed by atoms with Crippen LogP contribution in [0.4, 0.5) is 0 Å². The maximum atomic E-state index is 10.3. The Morgan fingerprint density at radius 1 is 1.24 bits per heavy atom. The van der Waals surface area contributed by atoms with Gasteiger partial charge in [-0.1, -0.05) is 19.9 Å². The zero-order chi connectivity index (χ0) is 15.3. The van der Waals surface area contributed by atoms with Crippen molar-refractivity contribution in [3.8, 4) is 11.5 Å². The van der Waals surface area contributed by atoms with Crippen LogP contribution in [0, 0.1) is 0 Å². The number of ether oxygens (including phenoxy) is 2. The molecule has 2 N–H and O–H groups in total. The molecule has 1 aliphatic carbocycles. The van der Waals surface area contributed by atoms with Crippen LogP contribution in [0.1, 0.15) is 45.1 Å². The second kappa shape index (κ2) is 7.14. The van der Waals surface area contributed by atoms with E-state index in [0.717, 1.165) is 12.3 Å². The number of methoxy groups -OCH3 is 1. The van der Waals surface area contributed by atoms with Gasteiger partial charge in [0.25, 0.3) is 0 Å². The molecule has 0 atom stereocenters. The molecule has 0 bridgehead atoms. The van der Waals surface area contributed by atoms with E-state index >= 15 is 0 Å². The largest absolute Gasteiger partial charge is 0.493 e. The number of rotatable bonds is 9. The van der Waals surface area contributed by atoms with Gasteiger partial charge >= 0.3 is 0 Å². The Labute approximate surface area is 127 Å². The maximum absolute atomic E-state index is 10.3. The Morgan fingerprint density at radius 3 is 2.52 bits per heavy atom. The molecule has 0 aromatic heterocycles. The normalized spacial score (nSPS) is 15.0. The number of nitrogens with one attached hydrogen (secondary N) is 1. The highest BCUT2D eigenvalue weighted by molar-refractivity contribution is 5.43. The van der Waals surface area contributed by atoms with Crippen LogP contribution < -0.4 is 14.8 Å². The van der Waals surface area contributed by atoms with Crippen LogP contribution in [0.5, 0.6) is 11.5 Å². The highest BCUT2D eigenvalue weighted by Gasteiger charge is 2.24. The molecule has 4 heteroatoms. The number of hydrogen-bond donors (Lipinski definition) is 2. The first kappa shape index (κ1) is 16.1. The van der Waals surface area contributed by atoms with E-state index in [1.165, 1.54) is 18.4 Å². The lowest BCUT2D eigenvalue weighted by Gasteiger charge is -2.25. The summed E-state index contributed by atoms with van der Waals surface area (Å²) in [7, 11) is 1.64. The summed E-state index contributed by atoms with van der Waals surface area (Å²) in [6.45, 7) is 5.08. The Kier molecular flexibility index (Phi) is 5.48. The van der Waals surface area contributed by atoms with Gasteiger partial charge in [0.15, 0.2) is 11.5 Å². The van der Waals surface area contributed by atoms with Crippen LogP contribution in [0.15, 0.2) is 18.2 Å². The van der Waals surface area contributed by atoms with Crippen LogP contribution in [-0.2, 0) is 6.54 Å². The van der Waals surface area contributed by atoms with E-state index in [1.807, 2.05) is 32.0 Å². The van der Waals surface area contributed by atoms with Gasteiger partial charge < -0.3 is 19.9 Å². The topological polar surface area (TPSA) is 50.7 Å². The molecule has 0 radical (unpaired) electrons. The van der Waals surface area contributed by atoms with E-state index < -0.39 is 5.60 Å². The summed E-state index contributed by atoms with van der Waals surface area (Å²) in [4.78, 5) is 0. The molecule has 1 aliphatic rings. The first-order valence-electron chi connectivity index (χ1n) is 7.85. The minimum atomic E-state index is -0.767. The molecule has 21 heavy (non-hydrogen) atoms. The van der Waals surface area contributed by atoms with Crippen LogP contribution in [0.25, 0.3) is 0 Å². The fourth-order valence-corrected chi connectivity index (χ4v) is 2.16. The zero-order valence-corrected chi connectivity index (χ0v) is 13.3. The molecule has 0 unspecified atom stereocenters. The van der Waals surface area contributed by atoms with Gasteiger partial charge in [-0.2, -0.15) is 0 Å². The molecule has 0 amide bonds. The van der Waals surface area contributed by atoms with Gasteiger partial charge in [-0.15, -0.1) is 0 Å². The lowest BCUT2D eigenvalue weighted by Crippen LogP contribution is -2.34. The summed E-state index contributed by atoms with van der Waals surface area (Å²) in [6.07, 6.45) is 3.92. The van der Waals surface area contributed by atoms with E-state index in [1.54, 1.807) is 7.11 Å². The van der Waals surface area contributed by atoms with Gasteiger partial charge in [-0.25, -0.2) is 0 Å². The molecule has 0 aliphatic heterocycles. The van der Waals surface area contributed by atoms with Gasteiger partial charge in [-0.05, 0) is 43.4 Å². The van der Waals surface area contributed by atoms with E-state index in [9.17, 15) is 5.11 Å². The Bertz CT molecular complexity index is 453. The molecular weight excluding hydrogens is 266 g/mol. The molecule has 0 spiro atoms. The van der Waals surface area contributed by atoms with Gasteiger partial charge in [0, 0.05) is 12.6 Å². The second-order valence-corrected chi connectivity index (χ2v) is 5.86. The van der Waals surface area contributed by atoms with Gasteiger partial charge in [-0.3, -0.25) is 0 Å². The number of hydrogen-bond acceptors (Lipinski definition) is 4. The van der Waals surface area contributed by atoms with E-state index in [4.69, 9.17) is 9.47 Å². The van der Waals surface area contributed by atoms with Crippen molar-refractivity contribution in [2.45, 2.75) is 57.7 Å². The molecule has 1 aromatic carbocycles. The second-order valence-electron chi connectivity index (χ2n) is 5.86. The molecule has 1 aromatic rings. The summed E-state index contributed by atoms with van der Waals surface area (Å²) >= 11 is 0. The molecular formula is C17H27NO3. The average Bonchev–Trinajstić information content (AvgIpc) is 3.35. The van der Waals surface area contributed by atoms with Crippen LogP contribution in [0.2, 0.25) is 0 Å². The van der Waals surface area contributed by atoms with Crippen molar-refractivity contribution >= 4 is 0 Å². The fourth-order valence-electron chi connectivity index (χ4n) is 2.16. The van der Waals surface area contributed by atoms with Crippen molar-refractivity contribution in [1.29, 1.82) is 0 Å². The minimum Gasteiger partial charge on any atom is -0.493 e. The number of aliphatic hydroxyl groups is 1. The molecule has 4 nitrogen and oxygen atoms in total. The van der Waals surface area contributed by atoms with Crippen LogP contribution in [-0.4, -0.2) is 30.5 Å². The highest BCUT2D eigenvalue weighted by atomic mass is 16.5. The van der Waals surface area contributed by atoms with Gasteiger partial charge in [0.05, 0.1) is 12.7 Å². The Morgan fingerprint density at radius 2 is 1.95 bits per heavy atom. The van der Waals surface area contributed by atoms with E-state index in [2.05, 4.69) is 5.32 Å². The molecule has 1 saturated carbocycles. The quantitative estimate of drug-likeness (QED) is 0.735. The van der Waals surface area contributed by atoms with Gasteiger partial charge in [0.2, 0.25) is 0 Å². The zero-order valence-electron chi connectivity index (χ0n) is 13.3. The van der Waals surface area contributed by atoms with Crippen molar-refractivity contribution in [2.75, 3.05) is 13.7 Å². The molecule has 2 rings (SSSR count). The summed E-state index contributed by atoms with van der Waals surface area (Å²) in [5, 5.41) is 13.8. The minimum absolute atomic E-state index is 0.288. The first-order chi connectivity index (χ1) is 10.1.